The van der Waals surface area contributed by atoms with Crippen LogP contribution in [0.2, 0.25) is 10.0 Å². The number of sulfonamides is 1. The van der Waals surface area contributed by atoms with E-state index in [9.17, 15) is 13.2 Å². The van der Waals surface area contributed by atoms with Crippen LogP contribution in [0.4, 0.5) is 0 Å². The molecule has 0 radical (unpaired) electrons. The maximum Gasteiger partial charge on any atom is 0.244 e. The summed E-state index contributed by atoms with van der Waals surface area (Å²) >= 11 is 12.1. The summed E-state index contributed by atoms with van der Waals surface area (Å²) in [5, 5.41) is 3.58. The Balaban J connectivity index is 1.54. The van der Waals surface area contributed by atoms with Gasteiger partial charge in [0.05, 0.1) is 5.02 Å². The van der Waals surface area contributed by atoms with E-state index < -0.39 is 10.0 Å². The van der Waals surface area contributed by atoms with Gasteiger partial charge >= 0.3 is 0 Å². The summed E-state index contributed by atoms with van der Waals surface area (Å²) in [6.07, 6.45) is 4.68. The van der Waals surface area contributed by atoms with E-state index in [-0.39, 0.29) is 27.3 Å². The zero-order valence-corrected chi connectivity index (χ0v) is 20.0. The Morgan fingerprint density at radius 3 is 2.37 bits per heavy atom. The zero-order valence-electron chi connectivity index (χ0n) is 17.7. The van der Waals surface area contributed by atoms with Crippen LogP contribution in [0.1, 0.15) is 46.0 Å². The molecule has 0 aromatic heterocycles. The van der Waals surface area contributed by atoms with Crippen molar-refractivity contribution in [3.63, 3.8) is 0 Å². The van der Waals surface area contributed by atoms with Crippen molar-refractivity contribution in [2.24, 2.45) is 5.92 Å². The second kappa shape index (κ2) is 9.74. The minimum absolute atomic E-state index is 0.0120. The molecule has 6 nitrogen and oxygen atoms in total. The van der Waals surface area contributed by atoms with Gasteiger partial charge in [0.2, 0.25) is 15.9 Å². The van der Waals surface area contributed by atoms with Crippen LogP contribution in [0.5, 0.6) is 0 Å². The quantitative estimate of drug-likeness (QED) is 0.679. The third-order valence-corrected chi connectivity index (χ3v) is 8.86. The topological polar surface area (TPSA) is 69.7 Å². The van der Waals surface area contributed by atoms with Gasteiger partial charge in [0.25, 0.3) is 0 Å². The molecular weight excluding hydrogens is 445 g/mol. The maximum absolute atomic E-state index is 12.9. The molecule has 2 aliphatic heterocycles. The highest BCUT2D eigenvalue weighted by molar-refractivity contribution is 7.89. The standard InChI is InChI=1S/C21H31Cl2N3O3S/c1-21(2,25-10-4-3-5-11-25)15-24-20(27)16-8-12-26(13-9-16)30(28,29)19-14-17(22)6-7-18(19)23/h6-7,14,16H,3-5,8-13,15H2,1-2H3,(H,24,27). The minimum atomic E-state index is -3.74. The van der Waals surface area contributed by atoms with E-state index in [1.165, 1.54) is 35.7 Å². The van der Waals surface area contributed by atoms with Crippen LogP contribution >= 0.6 is 23.2 Å². The highest BCUT2D eigenvalue weighted by Gasteiger charge is 2.34. The van der Waals surface area contributed by atoms with Crippen LogP contribution < -0.4 is 5.32 Å². The summed E-state index contributed by atoms with van der Waals surface area (Å²) in [4.78, 5) is 15.2. The van der Waals surface area contributed by atoms with Crippen LogP contribution in [-0.2, 0) is 14.8 Å². The number of carbonyl (C=O) groups is 1. The Hall–Kier alpha value is -0.860. The number of likely N-dealkylation sites (tertiary alicyclic amines) is 1. The van der Waals surface area contributed by atoms with Gasteiger partial charge < -0.3 is 5.32 Å². The molecule has 1 amide bonds. The highest BCUT2D eigenvalue weighted by Crippen LogP contribution is 2.30. The second-order valence-corrected chi connectivity index (χ2v) is 11.6. The lowest BCUT2D eigenvalue weighted by Gasteiger charge is -2.41. The van der Waals surface area contributed by atoms with E-state index in [1.54, 1.807) is 6.07 Å². The van der Waals surface area contributed by atoms with E-state index in [1.807, 2.05) is 0 Å². The first-order valence-corrected chi connectivity index (χ1v) is 12.8. The van der Waals surface area contributed by atoms with Crippen molar-refractivity contribution in [3.8, 4) is 0 Å². The number of piperidine rings is 2. The third kappa shape index (κ3) is 5.49. The fourth-order valence-electron chi connectivity index (χ4n) is 4.23. The summed E-state index contributed by atoms with van der Waals surface area (Å²) in [5.74, 6) is -0.165. The van der Waals surface area contributed by atoms with Gasteiger partial charge in [-0.15, -0.1) is 0 Å². The number of amides is 1. The summed E-state index contributed by atoms with van der Waals surface area (Å²) < 4.78 is 27.3. The second-order valence-electron chi connectivity index (χ2n) is 8.83. The Labute approximate surface area is 189 Å². The number of halogens is 2. The number of nitrogens with zero attached hydrogens (tertiary/aromatic N) is 2. The van der Waals surface area contributed by atoms with Crippen LogP contribution in [0, 0.1) is 5.92 Å². The molecular formula is C21H31Cl2N3O3S. The number of rotatable bonds is 6. The van der Waals surface area contributed by atoms with E-state index in [2.05, 4.69) is 24.1 Å². The van der Waals surface area contributed by atoms with Crippen LogP contribution in [-0.4, -0.2) is 61.8 Å². The van der Waals surface area contributed by atoms with Gasteiger partial charge in [-0.2, -0.15) is 4.31 Å². The fraction of sp³-hybridized carbons (Fsp3) is 0.667. The van der Waals surface area contributed by atoms with Crippen molar-refractivity contribution >= 4 is 39.1 Å². The van der Waals surface area contributed by atoms with Gasteiger partial charge in [-0.05, 0) is 70.8 Å². The summed E-state index contributed by atoms with van der Waals surface area (Å²) in [7, 11) is -3.74. The lowest BCUT2D eigenvalue weighted by Crippen LogP contribution is -2.54. The van der Waals surface area contributed by atoms with Gasteiger partial charge in [-0.25, -0.2) is 8.42 Å². The van der Waals surface area contributed by atoms with E-state index in [4.69, 9.17) is 23.2 Å². The van der Waals surface area contributed by atoms with Gasteiger partial charge in [0.15, 0.2) is 0 Å². The number of hydrogen-bond acceptors (Lipinski definition) is 4. The van der Waals surface area contributed by atoms with Crippen LogP contribution in [0.15, 0.2) is 23.1 Å². The van der Waals surface area contributed by atoms with Crippen molar-refractivity contribution in [1.29, 1.82) is 0 Å². The van der Waals surface area contributed by atoms with Crippen LogP contribution in [0.25, 0.3) is 0 Å². The molecule has 168 valence electrons. The number of nitrogens with one attached hydrogen (secondary N) is 1. The molecule has 3 rings (SSSR count). The van der Waals surface area contributed by atoms with Crippen molar-refractivity contribution in [1.82, 2.24) is 14.5 Å². The predicted octanol–water partition coefficient (Wildman–Crippen LogP) is 3.77. The minimum Gasteiger partial charge on any atom is -0.354 e. The summed E-state index contributed by atoms with van der Waals surface area (Å²) in [5.41, 5.74) is -0.0799. The molecule has 0 bridgehead atoms. The fourth-order valence-corrected chi connectivity index (χ4v) is 6.44. The molecule has 0 atom stereocenters. The van der Waals surface area contributed by atoms with Gasteiger partial charge in [-0.1, -0.05) is 29.6 Å². The average Bonchev–Trinajstić information content (AvgIpc) is 2.74. The molecule has 0 unspecified atom stereocenters. The SMILES string of the molecule is CC(C)(CNC(=O)C1CCN(S(=O)(=O)c2cc(Cl)ccc2Cl)CC1)N1CCCCC1. The van der Waals surface area contributed by atoms with E-state index in [0.717, 1.165) is 13.1 Å². The van der Waals surface area contributed by atoms with Crippen molar-refractivity contribution in [3.05, 3.63) is 28.2 Å². The van der Waals surface area contributed by atoms with E-state index >= 15 is 0 Å². The average molecular weight is 476 g/mol. The Morgan fingerprint density at radius 2 is 1.73 bits per heavy atom. The molecule has 9 heteroatoms. The first-order chi connectivity index (χ1) is 14.1. The van der Waals surface area contributed by atoms with Crippen molar-refractivity contribution in [2.45, 2.75) is 56.4 Å². The van der Waals surface area contributed by atoms with Crippen molar-refractivity contribution < 1.29 is 13.2 Å². The Bertz CT molecular complexity index is 862. The molecule has 0 spiro atoms. The first-order valence-electron chi connectivity index (χ1n) is 10.6. The third-order valence-electron chi connectivity index (χ3n) is 6.24. The Kier molecular flexibility index (Phi) is 7.72. The molecule has 2 saturated heterocycles. The van der Waals surface area contributed by atoms with Gasteiger partial charge in [0, 0.05) is 36.1 Å². The Morgan fingerprint density at radius 1 is 1.10 bits per heavy atom. The molecule has 2 heterocycles. The number of benzene rings is 1. The summed E-state index contributed by atoms with van der Waals surface area (Å²) in [6.45, 7) is 7.67. The smallest absolute Gasteiger partial charge is 0.244 e. The predicted molar refractivity (Wildman–Crippen MR) is 120 cm³/mol. The molecule has 30 heavy (non-hydrogen) atoms. The van der Waals surface area contributed by atoms with E-state index in [0.29, 0.717) is 37.5 Å². The maximum atomic E-state index is 12.9. The highest BCUT2D eigenvalue weighted by atomic mass is 35.5. The molecule has 0 aliphatic carbocycles. The first kappa shape index (κ1) is 23.8. The molecule has 2 aliphatic rings. The van der Waals surface area contributed by atoms with Crippen molar-refractivity contribution in [2.75, 3.05) is 32.7 Å². The molecule has 1 aromatic rings. The summed E-state index contributed by atoms with van der Waals surface area (Å²) in [6, 6.07) is 4.42. The zero-order chi connectivity index (χ0) is 21.9. The normalized spacial score (nSPS) is 20.3. The molecule has 0 saturated carbocycles. The molecule has 1 N–H and O–H groups in total. The number of hydrogen-bond donors (Lipinski definition) is 1. The molecule has 1 aromatic carbocycles. The monoisotopic (exact) mass is 475 g/mol. The number of carbonyl (C=O) groups excluding carboxylic acids is 1. The van der Waals surface area contributed by atoms with Gasteiger partial charge in [0.1, 0.15) is 4.90 Å². The largest absolute Gasteiger partial charge is 0.354 e. The lowest BCUT2D eigenvalue weighted by molar-refractivity contribution is -0.126. The lowest BCUT2D eigenvalue weighted by atomic mass is 9.95. The van der Waals surface area contributed by atoms with Crippen LogP contribution in [0.3, 0.4) is 0 Å². The molecule has 2 fully saturated rings. The van der Waals surface area contributed by atoms with Gasteiger partial charge in [-0.3, -0.25) is 9.69 Å².